The fourth-order valence-electron chi connectivity index (χ4n) is 2.60. The van der Waals surface area contributed by atoms with Crippen LogP contribution in [0.4, 0.5) is 5.69 Å². The topological polar surface area (TPSA) is 80.0 Å². The first-order chi connectivity index (χ1) is 12.0. The van der Waals surface area contributed by atoms with E-state index in [1.807, 2.05) is 13.0 Å². The van der Waals surface area contributed by atoms with Gasteiger partial charge in [0.2, 0.25) is 0 Å². The summed E-state index contributed by atoms with van der Waals surface area (Å²) in [5.41, 5.74) is 8.93. The number of benzene rings is 1. The van der Waals surface area contributed by atoms with Gasteiger partial charge in [-0.3, -0.25) is 9.79 Å². The molecule has 1 saturated heterocycles. The largest absolute Gasteiger partial charge is 0.398 e. The summed E-state index contributed by atoms with van der Waals surface area (Å²) in [6.45, 7) is 11.0. The maximum absolute atomic E-state index is 12.6. The van der Waals surface area contributed by atoms with Gasteiger partial charge in [-0.05, 0) is 31.5 Å². The fraction of sp³-hybridized carbons (Fsp3) is 0.474. The molecule has 1 aromatic rings. The second-order valence-corrected chi connectivity index (χ2v) is 6.20. The number of hydrogen-bond donors (Lipinski definition) is 2. The van der Waals surface area contributed by atoms with E-state index in [1.54, 1.807) is 17.0 Å². The van der Waals surface area contributed by atoms with Gasteiger partial charge in [0.15, 0.2) is 0 Å². The Labute approximate surface area is 149 Å². The molecule has 1 aliphatic heterocycles. The van der Waals surface area contributed by atoms with Crippen molar-refractivity contribution in [1.82, 2.24) is 10.2 Å². The Morgan fingerprint density at radius 1 is 1.40 bits per heavy atom. The van der Waals surface area contributed by atoms with Gasteiger partial charge < -0.3 is 20.7 Å². The van der Waals surface area contributed by atoms with Crippen molar-refractivity contribution in [2.75, 3.05) is 38.6 Å². The molecule has 6 heteroatoms. The van der Waals surface area contributed by atoms with Crippen molar-refractivity contribution in [2.24, 2.45) is 4.99 Å². The Morgan fingerprint density at radius 3 is 2.72 bits per heavy atom. The predicted octanol–water partition coefficient (Wildman–Crippen LogP) is 2.41. The number of nitrogens with one attached hydrogen (secondary N) is 1. The first-order valence-corrected chi connectivity index (χ1v) is 8.76. The third kappa shape index (κ3) is 5.32. The van der Waals surface area contributed by atoms with Gasteiger partial charge in [-0.2, -0.15) is 0 Å². The summed E-state index contributed by atoms with van der Waals surface area (Å²) < 4.78 is 5.29. The number of allylic oxidation sites excluding steroid dienone is 1. The van der Waals surface area contributed by atoms with Crippen molar-refractivity contribution in [1.29, 1.82) is 0 Å². The molecule has 0 aromatic heterocycles. The highest BCUT2D eigenvalue weighted by Crippen LogP contribution is 2.17. The number of hydrogen-bond acceptors (Lipinski definition) is 4. The van der Waals surface area contributed by atoms with E-state index < -0.39 is 0 Å². The molecule has 1 aliphatic rings. The molecule has 0 bridgehead atoms. The fourth-order valence-corrected chi connectivity index (χ4v) is 2.60. The van der Waals surface area contributed by atoms with Crippen LogP contribution in [0.2, 0.25) is 0 Å². The maximum Gasteiger partial charge on any atom is 0.254 e. The van der Waals surface area contributed by atoms with Crippen LogP contribution in [-0.2, 0) is 4.74 Å². The zero-order valence-electron chi connectivity index (χ0n) is 15.2. The Morgan fingerprint density at radius 2 is 2.12 bits per heavy atom. The number of nitrogens with zero attached hydrogens (tertiary/aromatic N) is 2. The standard InChI is InChI=1S/C19H28N4O2/c1-4-5-8-21-18(22-14(2)3)16-7-6-15(13-17(16)20)19(24)23-9-11-25-12-10-23/h6-7,13H,2,4-5,8-12,20H2,1,3H3,(H,21,22). The van der Waals surface area contributed by atoms with E-state index in [4.69, 9.17) is 10.5 Å². The highest BCUT2D eigenvalue weighted by molar-refractivity contribution is 6.05. The summed E-state index contributed by atoms with van der Waals surface area (Å²) in [5, 5.41) is 3.17. The molecule has 0 atom stereocenters. The lowest BCUT2D eigenvalue weighted by Crippen LogP contribution is -2.40. The monoisotopic (exact) mass is 344 g/mol. The van der Waals surface area contributed by atoms with Crippen molar-refractivity contribution in [3.63, 3.8) is 0 Å². The lowest BCUT2D eigenvalue weighted by Gasteiger charge is -2.27. The number of morpholine rings is 1. The second-order valence-electron chi connectivity index (χ2n) is 6.20. The minimum absolute atomic E-state index is 0.0149. The number of amides is 1. The van der Waals surface area contributed by atoms with Crippen LogP contribution in [0, 0.1) is 0 Å². The van der Waals surface area contributed by atoms with Crippen LogP contribution in [0.15, 0.2) is 35.5 Å². The van der Waals surface area contributed by atoms with Crippen molar-refractivity contribution in [2.45, 2.75) is 26.7 Å². The van der Waals surface area contributed by atoms with Crippen LogP contribution in [0.5, 0.6) is 0 Å². The smallest absolute Gasteiger partial charge is 0.254 e. The van der Waals surface area contributed by atoms with Crippen LogP contribution >= 0.6 is 0 Å². The molecule has 1 aromatic carbocycles. The van der Waals surface area contributed by atoms with Gasteiger partial charge in [0.05, 0.1) is 13.2 Å². The van der Waals surface area contributed by atoms with Gasteiger partial charge in [0, 0.05) is 42.1 Å². The molecule has 3 N–H and O–H groups in total. The predicted molar refractivity (Wildman–Crippen MR) is 102 cm³/mol. The number of aliphatic imine (C=N–C) groups is 1. The first kappa shape index (κ1) is 19.0. The molecule has 0 aliphatic carbocycles. The third-order valence-electron chi connectivity index (χ3n) is 3.97. The van der Waals surface area contributed by atoms with Crippen LogP contribution in [-0.4, -0.2) is 49.5 Å². The Balaban J connectivity index is 2.21. The quantitative estimate of drug-likeness (QED) is 0.359. The van der Waals surface area contributed by atoms with E-state index >= 15 is 0 Å². The number of amidine groups is 1. The highest BCUT2D eigenvalue weighted by atomic mass is 16.5. The molecule has 1 fully saturated rings. The lowest BCUT2D eigenvalue weighted by molar-refractivity contribution is 0.0303. The van der Waals surface area contributed by atoms with Crippen LogP contribution in [0.1, 0.15) is 42.6 Å². The number of rotatable bonds is 6. The molecule has 0 unspecified atom stereocenters. The van der Waals surface area contributed by atoms with Crippen LogP contribution < -0.4 is 11.1 Å². The maximum atomic E-state index is 12.6. The van der Waals surface area contributed by atoms with E-state index in [9.17, 15) is 4.79 Å². The number of unbranched alkanes of at least 4 members (excludes halogenated alkanes) is 1. The number of nitrogens with two attached hydrogens (primary N) is 1. The average molecular weight is 344 g/mol. The van der Waals surface area contributed by atoms with Gasteiger partial charge in [0.25, 0.3) is 5.91 Å². The van der Waals surface area contributed by atoms with Gasteiger partial charge in [-0.15, -0.1) is 0 Å². The minimum Gasteiger partial charge on any atom is -0.398 e. The van der Waals surface area contributed by atoms with E-state index in [1.165, 1.54) is 0 Å². The summed E-state index contributed by atoms with van der Waals surface area (Å²) in [4.78, 5) is 19.0. The molecular weight excluding hydrogens is 316 g/mol. The third-order valence-corrected chi connectivity index (χ3v) is 3.97. The van der Waals surface area contributed by atoms with Crippen molar-refractivity contribution in [3.8, 4) is 0 Å². The first-order valence-electron chi connectivity index (χ1n) is 8.76. The number of carbonyl (C=O) groups is 1. The van der Waals surface area contributed by atoms with E-state index in [0.717, 1.165) is 30.6 Å². The number of ether oxygens (including phenoxy) is 1. The second kappa shape index (κ2) is 9.22. The van der Waals surface area contributed by atoms with Gasteiger partial charge in [0.1, 0.15) is 5.84 Å². The highest BCUT2D eigenvalue weighted by Gasteiger charge is 2.19. The molecule has 0 saturated carbocycles. The van der Waals surface area contributed by atoms with Crippen LogP contribution in [0.3, 0.4) is 0 Å². The van der Waals surface area contributed by atoms with E-state index in [0.29, 0.717) is 43.4 Å². The van der Waals surface area contributed by atoms with E-state index in [2.05, 4.69) is 23.8 Å². The van der Waals surface area contributed by atoms with Gasteiger partial charge in [-0.25, -0.2) is 0 Å². The normalized spacial score (nSPS) is 15.1. The molecule has 1 amide bonds. The lowest BCUT2D eigenvalue weighted by atomic mass is 10.1. The summed E-state index contributed by atoms with van der Waals surface area (Å²) in [5.74, 6) is 0.683. The molecule has 25 heavy (non-hydrogen) atoms. The Hall–Kier alpha value is -2.34. The SMILES string of the molecule is C=C(C)NC(=NCCCC)c1ccc(C(=O)N2CCOCC2)cc1N. The zero-order chi connectivity index (χ0) is 18.2. The van der Waals surface area contributed by atoms with Crippen molar-refractivity contribution < 1.29 is 9.53 Å². The molecule has 1 heterocycles. The molecule has 0 spiro atoms. The van der Waals surface area contributed by atoms with Gasteiger partial charge in [-0.1, -0.05) is 19.9 Å². The van der Waals surface area contributed by atoms with Crippen LogP contribution in [0.25, 0.3) is 0 Å². The molecule has 136 valence electrons. The summed E-state index contributed by atoms with van der Waals surface area (Å²) in [6, 6.07) is 5.38. The van der Waals surface area contributed by atoms with Gasteiger partial charge >= 0.3 is 0 Å². The molecule has 2 rings (SSSR count). The number of carbonyl (C=O) groups excluding carboxylic acids is 1. The molecule has 0 radical (unpaired) electrons. The summed E-state index contributed by atoms with van der Waals surface area (Å²) >= 11 is 0. The summed E-state index contributed by atoms with van der Waals surface area (Å²) in [7, 11) is 0. The van der Waals surface area contributed by atoms with E-state index in [-0.39, 0.29) is 5.91 Å². The van der Waals surface area contributed by atoms with Crippen molar-refractivity contribution >= 4 is 17.4 Å². The zero-order valence-corrected chi connectivity index (χ0v) is 15.2. The molecular formula is C19H28N4O2. The average Bonchev–Trinajstić information content (AvgIpc) is 2.61. The Bertz CT molecular complexity index is 649. The number of nitrogen functional groups attached to an aromatic ring is 1. The summed E-state index contributed by atoms with van der Waals surface area (Å²) in [6.07, 6.45) is 2.08. The molecule has 6 nitrogen and oxygen atoms in total. The number of anilines is 1. The van der Waals surface area contributed by atoms with Crippen molar-refractivity contribution in [3.05, 3.63) is 41.6 Å². The minimum atomic E-state index is -0.0149. The Kier molecular flexibility index (Phi) is 7.01.